The molecule has 0 aliphatic rings. The second kappa shape index (κ2) is 6.20. The highest BCUT2D eigenvalue weighted by molar-refractivity contribution is 14.1. The first kappa shape index (κ1) is 13.4. The third kappa shape index (κ3) is 3.75. The van der Waals surface area contributed by atoms with E-state index < -0.39 is 0 Å². The van der Waals surface area contributed by atoms with Gasteiger partial charge in [-0.25, -0.2) is 0 Å². The summed E-state index contributed by atoms with van der Waals surface area (Å²) in [6, 6.07) is 5.79. The summed E-state index contributed by atoms with van der Waals surface area (Å²) in [5.74, 6) is 0.00921. The Kier molecular flexibility index (Phi) is 5.21. The first-order chi connectivity index (χ1) is 7.52. The maximum Gasteiger partial charge on any atom is 0.252 e. The van der Waals surface area contributed by atoms with Crippen molar-refractivity contribution < 1.29 is 4.79 Å². The summed E-state index contributed by atoms with van der Waals surface area (Å²) >= 11 is 2.21. The number of nitrogens with one attached hydrogen (secondary N) is 1. The summed E-state index contributed by atoms with van der Waals surface area (Å²) in [6.07, 6.45) is 0. The van der Waals surface area contributed by atoms with Gasteiger partial charge in [0.2, 0.25) is 0 Å². The number of likely N-dealkylation sites (N-methyl/N-ethyl adjacent to an activating group) is 1. The molecule has 0 saturated heterocycles. The Bertz CT molecular complexity index is 377. The van der Waals surface area contributed by atoms with Gasteiger partial charge in [-0.1, -0.05) is 12.1 Å². The number of halogens is 1. The van der Waals surface area contributed by atoms with Crippen LogP contribution >= 0.6 is 22.6 Å². The molecular weight excluding hydrogens is 315 g/mol. The molecule has 4 heteroatoms. The highest BCUT2D eigenvalue weighted by Gasteiger charge is 2.10. The van der Waals surface area contributed by atoms with Crippen LogP contribution in [0.4, 0.5) is 0 Å². The molecule has 1 aromatic rings. The lowest BCUT2D eigenvalue weighted by Crippen LogP contribution is -2.31. The topological polar surface area (TPSA) is 32.3 Å². The highest BCUT2D eigenvalue weighted by Crippen LogP contribution is 2.16. The van der Waals surface area contributed by atoms with Crippen LogP contribution in [0.1, 0.15) is 15.9 Å². The van der Waals surface area contributed by atoms with E-state index in [2.05, 4.69) is 27.9 Å². The van der Waals surface area contributed by atoms with Crippen LogP contribution in [-0.4, -0.2) is 38.0 Å². The molecule has 0 saturated carbocycles. The van der Waals surface area contributed by atoms with E-state index in [9.17, 15) is 4.79 Å². The van der Waals surface area contributed by atoms with Gasteiger partial charge in [-0.2, -0.15) is 0 Å². The molecule has 0 radical (unpaired) electrons. The van der Waals surface area contributed by atoms with E-state index >= 15 is 0 Å². The molecule has 0 heterocycles. The van der Waals surface area contributed by atoms with Crippen molar-refractivity contribution in [2.75, 3.05) is 27.2 Å². The molecule has 1 amide bonds. The second-order valence-electron chi connectivity index (χ2n) is 4.00. The number of benzene rings is 1. The van der Waals surface area contributed by atoms with Crippen LogP contribution in [0.5, 0.6) is 0 Å². The minimum atomic E-state index is 0.00921. The van der Waals surface area contributed by atoms with Crippen LogP contribution in [0.2, 0.25) is 0 Å². The molecule has 0 spiro atoms. The monoisotopic (exact) mass is 332 g/mol. The Labute approximate surface area is 110 Å². The van der Waals surface area contributed by atoms with Crippen LogP contribution in [0.3, 0.4) is 0 Å². The third-order valence-corrected chi connectivity index (χ3v) is 3.71. The van der Waals surface area contributed by atoms with E-state index in [1.54, 1.807) is 0 Å². The summed E-state index contributed by atoms with van der Waals surface area (Å²) in [6.45, 7) is 3.54. The molecule has 0 bridgehead atoms. The van der Waals surface area contributed by atoms with Crippen molar-refractivity contribution >= 4 is 28.5 Å². The molecule has 16 heavy (non-hydrogen) atoms. The number of rotatable bonds is 4. The fourth-order valence-electron chi connectivity index (χ4n) is 1.31. The van der Waals surface area contributed by atoms with Gasteiger partial charge in [-0.05, 0) is 55.2 Å². The van der Waals surface area contributed by atoms with Crippen molar-refractivity contribution in [2.45, 2.75) is 6.92 Å². The number of nitrogens with zero attached hydrogens (tertiary/aromatic N) is 1. The van der Waals surface area contributed by atoms with E-state index in [0.717, 1.165) is 21.2 Å². The minimum Gasteiger partial charge on any atom is -0.351 e. The quantitative estimate of drug-likeness (QED) is 0.854. The Morgan fingerprint density at radius 3 is 2.75 bits per heavy atom. The number of carbonyl (C=O) groups is 1. The van der Waals surface area contributed by atoms with Gasteiger partial charge in [0.25, 0.3) is 5.91 Å². The van der Waals surface area contributed by atoms with Crippen LogP contribution < -0.4 is 5.32 Å². The zero-order valence-corrected chi connectivity index (χ0v) is 12.0. The second-order valence-corrected chi connectivity index (χ2v) is 5.07. The number of aryl methyl sites for hydroxylation is 1. The lowest BCUT2D eigenvalue weighted by molar-refractivity contribution is 0.0950. The van der Waals surface area contributed by atoms with Crippen molar-refractivity contribution in [1.82, 2.24) is 10.2 Å². The molecule has 0 aromatic heterocycles. The molecule has 3 nitrogen and oxygen atoms in total. The first-order valence-electron chi connectivity index (χ1n) is 5.20. The van der Waals surface area contributed by atoms with Gasteiger partial charge in [-0.3, -0.25) is 4.79 Å². The van der Waals surface area contributed by atoms with Gasteiger partial charge in [-0.15, -0.1) is 0 Å². The molecule has 88 valence electrons. The molecule has 0 fully saturated rings. The average Bonchev–Trinajstić information content (AvgIpc) is 2.21. The molecular formula is C12H17IN2O. The van der Waals surface area contributed by atoms with Gasteiger partial charge in [0.15, 0.2) is 0 Å². The van der Waals surface area contributed by atoms with E-state index in [-0.39, 0.29) is 5.91 Å². The molecule has 1 N–H and O–H groups in total. The van der Waals surface area contributed by atoms with Gasteiger partial charge >= 0.3 is 0 Å². The number of hydrogen-bond acceptors (Lipinski definition) is 2. The van der Waals surface area contributed by atoms with E-state index in [4.69, 9.17) is 0 Å². The summed E-state index contributed by atoms with van der Waals surface area (Å²) in [4.78, 5) is 13.9. The predicted molar refractivity (Wildman–Crippen MR) is 74.8 cm³/mol. The van der Waals surface area contributed by atoms with Crippen LogP contribution in [0.15, 0.2) is 18.2 Å². The summed E-state index contributed by atoms with van der Waals surface area (Å²) in [5, 5.41) is 2.91. The largest absolute Gasteiger partial charge is 0.351 e. The summed E-state index contributed by atoms with van der Waals surface area (Å²) < 4.78 is 1.03. The Balaban J connectivity index is 2.63. The fourth-order valence-corrected chi connectivity index (χ4v) is 1.92. The summed E-state index contributed by atoms with van der Waals surface area (Å²) in [7, 11) is 3.98. The number of amides is 1. The van der Waals surface area contributed by atoms with Gasteiger partial charge in [0.05, 0.1) is 5.56 Å². The van der Waals surface area contributed by atoms with Crippen LogP contribution in [0, 0.1) is 10.5 Å². The fraction of sp³-hybridized carbons (Fsp3) is 0.417. The van der Waals surface area contributed by atoms with E-state index in [1.165, 1.54) is 0 Å². The SMILES string of the molecule is Cc1cccc(C(=O)NCCN(C)C)c1I. The van der Waals surface area contributed by atoms with Crippen LogP contribution in [-0.2, 0) is 0 Å². The minimum absolute atomic E-state index is 0.00921. The predicted octanol–water partition coefficient (Wildman–Crippen LogP) is 1.89. The zero-order valence-electron chi connectivity index (χ0n) is 9.88. The maximum absolute atomic E-state index is 11.9. The van der Waals surface area contributed by atoms with Gasteiger partial charge in [0.1, 0.15) is 0 Å². The highest BCUT2D eigenvalue weighted by atomic mass is 127. The van der Waals surface area contributed by atoms with E-state index in [1.807, 2.05) is 44.1 Å². The summed E-state index contributed by atoms with van der Waals surface area (Å²) in [5.41, 5.74) is 1.90. The standard InChI is InChI=1S/C12H17IN2O/c1-9-5-4-6-10(11(9)13)12(16)14-7-8-15(2)3/h4-6H,7-8H2,1-3H3,(H,14,16). The Morgan fingerprint density at radius 1 is 1.44 bits per heavy atom. The van der Waals surface area contributed by atoms with E-state index in [0.29, 0.717) is 6.54 Å². The third-order valence-electron chi connectivity index (χ3n) is 2.28. The maximum atomic E-state index is 11.9. The Hall–Kier alpha value is -0.620. The Morgan fingerprint density at radius 2 is 2.12 bits per heavy atom. The van der Waals surface area contributed by atoms with Crippen molar-refractivity contribution in [3.8, 4) is 0 Å². The first-order valence-corrected chi connectivity index (χ1v) is 6.28. The zero-order chi connectivity index (χ0) is 12.1. The normalized spacial score (nSPS) is 10.6. The van der Waals surface area contributed by atoms with Gasteiger partial charge < -0.3 is 10.2 Å². The molecule has 0 unspecified atom stereocenters. The van der Waals surface area contributed by atoms with Crippen LogP contribution in [0.25, 0.3) is 0 Å². The smallest absolute Gasteiger partial charge is 0.252 e. The molecule has 1 aromatic carbocycles. The van der Waals surface area contributed by atoms with Crippen molar-refractivity contribution in [3.63, 3.8) is 0 Å². The molecule has 0 aliphatic heterocycles. The lowest BCUT2D eigenvalue weighted by atomic mass is 10.1. The van der Waals surface area contributed by atoms with Gasteiger partial charge in [0, 0.05) is 16.7 Å². The van der Waals surface area contributed by atoms with Crippen molar-refractivity contribution in [1.29, 1.82) is 0 Å². The molecule has 0 aliphatic carbocycles. The van der Waals surface area contributed by atoms with Crippen molar-refractivity contribution in [3.05, 3.63) is 32.9 Å². The lowest BCUT2D eigenvalue weighted by Gasteiger charge is -2.11. The van der Waals surface area contributed by atoms with Crippen molar-refractivity contribution in [2.24, 2.45) is 0 Å². The number of carbonyl (C=O) groups excluding carboxylic acids is 1. The number of hydrogen-bond donors (Lipinski definition) is 1. The molecule has 0 atom stereocenters. The molecule has 1 rings (SSSR count). The average molecular weight is 332 g/mol.